The number of hydrogen-bond donors (Lipinski definition) is 0. The number of aryl methyl sites for hydroxylation is 1. The Morgan fingerprint density at radius 2 is 1.65 bits per heavy atom. The lowest BCUT2D eigenvalue weighted by atomic mass is 9.96. The van der Waals surface area contributed by atoms with Gasteiger partial charge in [0.25, 0.3) is 0 Å². The molecule has 0 fully saturated rings. The summed E-state index contributed by atoms with van der Waals surface area (Å²) in [4.78, 5) is 0. The van der Waals surface area contributed by atoms with E-state index >= 15 is 0 Å². The lowest BCUT2D eigenvalue weighted by Crippen LogP contribution is -1.92. The smallest absolute Gasteiger partial charge is 0.131 e. The fourth-order valence-electron chi connectivity index (χ4n) is 1.98. The van der Waals surface area contributed by atoms with Crippen LogP contribution in [0.5, 0.6) is 0 Å². The van der Waals surface area contributed by atoms with E-state index in [9.17, 15) is 4.39 Å². The highest BCUT2D eigenvalue weighted by Gasteiger charge is 2.09. The summed E-state index contributed by atoms with van der Waals surface area (Å²) in [5.74, 6) is 0.223. The van der Waals surface area contributed by atoms with Crippen molar-refractivity contribution >= 4 is 0 Å². The molecular formula is C16H17F. The maximum Gasteiger partial charge on any atom is 0.131 e. The first-order valence-electron chi connectivity index (χ1n) is 5.95. The summed E-state index contributed by atoms with van der Waals surface area (Å²) in [6.07, 6.45) is 0. The van der Waals surface area contributed by atoms with Crippen molar-refractivity contribution in [1.82, 2.24) is 0 Å². The van der Waals surface area contributed by atoms with Crippen molar-refractivity contribution in [2.24, 2.45) is 0 Å². The SMILES string of the molecule is Cc1ccccc1-c1ccc(C(C)C)cc1F. The maximum absolute atomic E-state index is 14.1. The molecule has 2 aromatic carbocycles. The molecule has 0 N–H and O–H groups in total. The lowest BCUT2D eigenvalue weighted by molar-refractivity contribution is 0.626. The molecule has 0 saturated carbocycles. The van der Waals surface area contributed by atoms with Crippen molar-refractivity contribution in [3.63, 3.8) is 0 Å². The third kappa shape index (κ3) is 2.38. The van der Waals surface area contributed by atoms with Gasteiger partial charge in [-0.25, -0.2) is 4.39 Å². The molecule has 0 aliphatic carbocycles. The van der Waals surface area contributed by atoms with Crippen LogP contribution in [0.25, 0.3) is 11.1 Å². The Morgan fingerprint density at radius 3 is 2.24 bits per heavy atom. The quantitative estimate of drug-likeness (QED) is 0.684. The van der Waals surface area contributed by atoms with Gasteiger partial charge in [0.05, 0.1) is 0 Å². The predicted molar refractivity (Wildman–Crippen MR) is 70.7 cm³/mol. The third-order valence-corrected chi connectivity index (χ3v) is 3.10. The fourth-order valence-corrected chi connectivity index (χ4v) is 1.98. The number of halogens is 1. The predicted octanol–water partition coefficient (Wildman–Crippen LogP) is 4.92. The number of hydrogen-bond acceptors (Lipinski definition) is 0. The molecule has 17 heavy (non-hydrogen) atoms. The molecule has 0 aliphatic heterocycles. The van der Waals surface area contributed by atoms with E-state index in [1.54, 1.807) is 6.07 Å². The van der Waals surface area contributed by atoms with Gasteiger partial charge in [0.2, 0.25) is 0 Å². The summed E-state index contributed by atoms with van der Waals surface area (Å²) in [5.41, 5.74) is 3.80. The van der Waals surface area contributed by atoms with Crippen LogP contribution in [-0.2, 0) is 0 Å². The first-order chi connectivity index (χ1) is 8.09. The molecule has 88 valence electrons. The van der Waals surface area contributed by atoms with E-state index < -0.39 is 0 Å². The first kappa shape index (κ1) is 11.8. The normalized spacial score (nSPS) is 10.9. The van der Waals surface area contributed by atoms with E-state index in [1.807, 2.05) is 43.3 Å². The van der Waals surface area contributed by atoms with Gasteiger partial charge < -0.3 is 0 Å². The summed E-state index contributed by atoms with van der Waals surface area (Å²) < 4.78 is 14.1. The van der Waals surface area contributed by atoms with E-state index in [1.165, 1.54) is 0 Å². The zero-order chi connectivity index (χ0) is 12.4. The molecule has 1 heteroatoms. The first-order valence-corrected chi connectivity index (χ1v) is 5.95. The summed E-state index contributed by atoms with van der Waals surface area (Å²) in [5, 5.41) is 0. The molecule has 0 atom stereocenters. The number of benzene rings is 2. The van der Waals surface area contributed by atoms with Crippen molar-refractivity contribution < 1.29 is 4.39 Å². The molecule has 0 aromatic heterocycles. The average Bonchev–Trinajstić information content (AvgIpc) is 2.30. The largest absolute Gasteiger partial charge is 0.206 e. The minimum Gasteiger partial charge on any atom is -0.206 e. The van der Waals surface area contributed by atoms with E-state index in [-0.39, 0.29) is 5.82 Å². The highest BCUT2D eigenvalue weighted by atomic mass is 19.1. The van der Waals surface area contributed by atoms with Crippen LogP contribution in [0.3, 0.4) is 0 Å². The third-order valence-electron chi connectivity index (χ3n) is 3.10. The second-order valence-electron chi connectivity index (χ2n) is 4.71. The van der Waals surface area contributed by atoms with Gasteiger partial charge in [-0.05, 0) is 35.6 Å². The van der Waals surface area contributed by atoms with E-state index in [4.69, 9.17) is 0 Å². The summed E-state index contributed by atoms with van der Waals surface area (Å²) in [7, 11) is 0. The van der Waals surface area contributed by atoms with Gasteiger partial charge >= 0.3 is 0 Å². The Morgan fingerprint density at radius 1 is 0.941 bits per heavy atom. The van der Waals surface area contributed by atoms with Crippen LogP contribution in [-0.4, -0.2) is 0 Å². The summed E-state index contributed by atoms with van der Waals surface area (Å²) >= 11 is 0. The Kier molecular flexibility index (Phi) is 3.28. The van der Waals surface area contributed by atoms with Crippen molar-refractivity contribution in [3.8, 4) is 11.1 Å². The van der Waals surface area contributed by atoms with Crippen LogP contribution >= 0.6 is 0 Å². The van der Waals surface area contributed by atoms with Crippen LogP contribution in [0.15, 0.2) is 42.5 Å². The molecule has 0 aliphatic rings. The fraction of sp³-hybridized carbons (Fsp3) is 0.250. The zero-order valence-electron chi connectivity index (χ0n) is 10.5. The monoisotopic (exact) mass is 228 g/mol. The van der Waals surface area contributed by atoms with Crippen LogP contribution in [0, 0.1) is 12.7 Å². The van der Waals surface area contributed by atoms with Crippen molar-refractivity contribution in [2.75, 3.05) is 0 Å². The van der Waals surface area contributed by atoms with Gasteiger partial charge in [-0.3, -0.25) is 0 Å². The van der Waals surface area contributed by atoms with Gasteiger partial charge in [0, 0.05) is 5.56 Å². The summed E-state index contributed by atoms with van der Waals surface area (Å²) in [6, 6.07) is 13.4. The summed E-state index contributed by atoms with van der Waals surface area (Å²) in [6.45, 7) is 6.15. The minimum atomic E-state index is -0.134. The molecule has 0 saturated heterocycles. The molecule has 0 radical (unpaired) electrons. The molecular weight excluding hydrogens is 211 g/mol. The average molecular weight is 228 g/mol. The minimum absolute atomic E-state index is 0.134. The van der Waals surface area contributed by atoms with Crippen LogP contribution in [0.2, 0.25) is 0 Å². The standard InChI is InChI=1S/C16H17F/c1-11(2)13-8-9-15(16(17)10-13)14-7-5-4-6-12(14)3/h4-11H,1-3H3. The molecule has 0 amide bonds. The van der Waals surface area contributed by atoms with E-state index in [0.29, 0.717) is 11.5 Å². The van der Waals surface area contributed by atoms with Gasteiger partial charge in [0.15, 0.2) is 0 Å². The zero-order valence-corrected chi connectivity index (χ0v) is 10.5. The Balaban J connectivity index is 2.51. The van der Waals surface area contributed by atoms with Gasteiger partial charge in [-0.15, -0.1) is 0 Å². The topological polar surface area (TPSA) is 0 Å². The van der Waals surface area contributed by atoms with Crippen molar-refractivity contribution in [2.45, 2.75) is 26.7 Å². The lowest BCUT2D eigenvalue weighted by Gasteiger charge is -2.10. The van der Waals surface area contributed by atoms with E-state index in [2.05, 4.69) is 13.8 Å². The van der Waals surface area contributed by atoms with Crippen LogP contribution in [0.4, 0.5) is 4.39 Å². The molecule has 2 rings (SSSR count). The van der Waals surface area contributed by atoms with Gasteiger partial charge in [0.1, 0.15) is 5.82 Å². The molecule has 0 bridgehead atoms. The maximum atomic E-state index is 14.1. The second kappa shape index (κ2) is 4.70. The van der Waals surface area contributed by atoms with Crippen LogP contribution < -0.4 is 0 Å². The molecule has 0 spiro atoms. The van der Waals surface area contributed by atoms with Gasteiger partial charge in [-0.1, -0.05) is 50.2 Å². The highest BCUT2D eigenvalue weighted by molar-refractivity contribution is 5.68. The van der Waals surface area contributed by atoms with E-state index in [0.717, 1.165) is 16.7 Å². The Labute approximate surface area is 102 Å². The highest BCUT2D eigenvalue weighted by Crippen LogP contribution is 2.28. The molecule has 2 aromatic rings. The van der Waals surface area contributed by atoms with Crippen molar-refractivity contribution in [1.29, 1.82) is 0 Å². The second-order valence-corrected chi connectivity index (χ2v) is 4.71. The van der Waals surface area contributed by atoms with Crippen molar-refractivity contribution in [3.05, 3.63) is 59.4 Å². The molecule has 0 nitrogen and oxygen atoms in total. The van der Waals surface area contributed by atoms with Crippen LogP contribution in [0.1, 0.15) is 30.9 Å². The number of rotatable bonds is 2. The molecule has 0 unspecified atom stereocenters. The molecule has 0 heterocycles. The Bertz CT molecular complexity index is 527. The Hall–Kier alpha value is -1.63. The van der Waals surface area contributed by atoms with Gasteiger partial charge in [-0.2, -0.15) is 0 Å².